The number of hydrogen-bond donors (Lipinski definition) is 2. The topological polar surface area (TPSA) is 41.1 Å². The fourth-order valence-corrected chi connectivity index (χ4v) is 2.22. The molecule has 2 aromatic carbocycles. The van der Waals surface area contributed by atoms with Crippen molar-refractivity contribution < 1.29 is 4.79 Å². The van der Waals surface area contributed by atoms with Gasteiger partial charge >= 0.3 is 0 Å². The Bertz CT molecular complexity index is 623. The summed E-state index contributed by atoms with van der Waals surface area (Å²) in [4.78, 5) is 11.6. The van der Waals surface area contributed by atoms with Crippen molar-refractivity contribution in [1.82, 2.24) is 5.32 Å². The van der Waals surface area contributed by atoms with Gasteiger partial charge in [0.2, 0.25) is 0 Å². The van der Waals surface area contributed by atoms with E-state index in [2.05, 4.69) is 41.8 Å². The van der Waals surface area contributed by atoms with Crippen LogP contribution in [0.2, 0.25) is 5.02 Å². The standard InChI is InChI=1S/C17H19ClN2O/c1-3-12-4-6-13(7-5-12)11-20-16-10-14(17(21)19-2)8-9-15(16)18/h4-10,20H,3,11H2,1-2H3,(H,19,21). The van der Waals surface area contributed by atoms with E-state index in [-0.39, 0.29) is 5.91 Å². The Morgan fingerprint density at radius 2 is 1.76 bits per heavy atom. The molecular formula is C17H19ClN2O. The van der Waals surface area contributed by atoms with Gasteiger partial charge in [0.05, 0.1) is 10.7 Å². The summed E-state index contributed by atoms with van der Waals surface area (Å²) in [5, 5.41) is 6.48. The van der Waals surface area contributed by atoms with Crippen molar-refractivity contribution in [1.29, 1.82) is 0 Å². The molecule has 0 radical (unpaired) electrons. The highest BCUT2D eigenvalue weighted by atomic mass is 35.5. The second-order valence-electron chi connectivity index (χ2n) is 4.80. The van der Waals surface area contributed by atoms with E-state index in [1.165, 1.54) is 11.1 Å². The van der Waals surface area contributed by atoms with Crippen molar-refractivity contribution >= 4 is 23.2 Å². The number of aryl methyl sites for hydroxylation is 1. The summed E-state index contributed by atoms with van der Waals surface area (Å²) >= 11 is 6.16. The second kappa shape index (κ2) is 7.14. The van der Waals surface area contributed by atoms with Gasteiger partial charge in [0.25, 0.3) is 5.91 Å². The number of nitrogens with one attached hydrogen (secondary N) is 2. The monoisotopic (exact) mass is 302 g/mol. The molecule has 21 heavy (non-hydrogen) atoms. The highest BCUT2D eigenvalue weighted by Gasteiger charge is 2.07. The predicted molar refractivity (Wildman–Crippen MR) is 88.0 cm³/mol. The van der Waals surface area contributed by atoms with Gasteiger partial charge < -0.3 is 10.6 Å². The number of hydrogen-bond acceptors (Lipinski definition) is 2. The van der Waals surface area contributed by atoms with Crippen LogP contribution in [0.5, 0.6) is 0 Å². The molecule has 0 bridgehead atoms. The molecule has 0 aliphatic carbocycles. The van der Waals surface area contributed by atoms with Crippen LogP contribution in [0, 0.1) is 0 Å². The number of amides is 1. The minimum Gasteiger partial charge on any atom is -0.380 e. The Morgan fingerprint density at radius 1 is 1.10 bits per heavy atom. The molecule has 0 unspecified atom stereocenters. The van der Waals surface area contributed by atoms with Crippen LogP contribution in [-0.2, 0) is 13.0 Å². The number of benzene rings is 2. The van der Waals surface area contributed by atoms with Crippen LogP contribution in [0.25, 0.3) is 0 Å². The zero-order valence-corrected chi connectivity index (χ0v) is 13.0. The largest absolute Gasteiger partial charge is 0.380 e. The zero-order valence-electron chi connectivity index (χ0n) is 12.2. The van der Waals surface area contributed by atoms with E-state index in [1.54, 1.807) is 25.2 Å². The molecule has 0 saturated heterocycles. The Kier molecular flexibility index (Phi) is 5.23. The maximum absolute atomic E-state index is 11.6. The SMILES string of the molecule is CCc1ccc(CNc2cc(C(=O)NC)ccc2Cl)cc1. The molecule has 4 heteroatoms. The molecule has 0 fully saturated rings. The number of carbonyl (C=O) groups is 1. The molecule has 2 N–H and O–H groups in total. The average molecular weight is 303 g/mol. The van der Waals surface area contributed by atoms with Gasteiger partial charge in [-0.2, -0.15) is 0 Å². The Hall–Kier alpha value is -2.00. The molecule has 0 aromatic heterocycles. The van der Waals surface area contributed by atoms with Crippen molar-refractivity contribution in [3.05, 3.63) is 64.2 Å². The fourth-order valence-electron chi connectivity index (χ4n) is 2.04. The highest BCUT2D eigenvalue weighted by molar-refractivity contribution is 6.33. The van der Waals surface area contributed by atoms with E-state index in [0.29, 0.717) is 17.1 Å². The van der Waals surface area contributed by atoms with Crippen LogP contribution in [0.1, 0.15) is 28.4 Å². The summed E-state index contributed by atoms with van der Waals surface area (Å²) in [6.45, 7) is 2.80. The molecule has 110 valence electrons. The molecule has 0 saturated carbocycles. The highest BCUT2D eigenvalue weighted by Crippen LogP contribution is 2.23. The van der Waals surface area contributed by atoms with Gasteiger partial charge in [-0.15, -0.1) is 0 Å². The molecule has 0 spiro atoms. The van der Waals surface area contributed by atoms with E-state index in [9.17, 15) is 4.79 Å². The molecule has 0 heterocycles. The lowest BCUT2D eigenvalue weighted by Gasteiger charge is -2.10. The number of carbonyl (C=O) groups excluding carboxylic acids is 1. The van der Waals surface area contributed by atoms with Crippen LogP contribution in [0.3, 0.4) is 0 Å². The van der Waals surface area contributed by atoms with Crippen molar-refractivity contribution in [2.24, 2.45) is 0 Å². The van der Waals surface area contributed by atoms with Crippen molar-refractivity contribution in [3.8, 4) is 0 Å². The fraction of sp³-hybridized carbons (Fsp3) is 0.235. The van der Waals surface area contributed by atoms with E-state index >= 15 is 0 Å². The number of anilines is 1. The van der Waals surface area contributed by atoms with Crippen molar-refractivity contribution in [3.63, 3.8) is 0 Å². The first-order valence-electron chi connectivity index (χ1n) is 6.97. The predicted octanol–water partition coefficient (Wildman–Crippen LogP) is 3.87. The first-order valence-corrected chi connectivity index (χ1v) is 7.35. The smallest absolute Gasteiger partial charge is 0.251 e. The molecular weight excluding hydrogens is 284 g/mol. The third-order valence-electron chi connectivity index (χ3n) is 3.37. The van der Waals surface area contributed by atoms with Gasteiger partial charge in [-0.05, 0) is 35.7 Å². The van der Waals surface area contributed by atoms with Crippen LogP contribution >= 0.6 is 11.6 Å². The van der Waals surface area contributed by atoms with E-state index in [4.69, 9.17) is 11.6 Å². The lowest BCUT2D eigenvalue weighted by atomic mass is 10.1. The normalized spacial score (nSPS) is 10.2. The maximum Gasteiger partial charge on any atom is 0.251 e. The molecule has 2 rings (SSSR count). The third kappa shape index (κ3) is 3.99. The summed E-state index contributed by atoms with van der Waals surface area (Å²) in [6.07, 6.45) is 1.04. The van der Waals surface area contributed by atoms with E-state index in [0.717, 1.165) is 12.1 Å². The molecule has 1 amide bonds. The van der Waals surface area contributed by atoms with Crippen molar-refractivity contribution in [2.75, 3.05) is 12.4 Å². The van der Waals surface area contributed by atoms with Crippen LogP contribution < -0.4 is 10.6 Å². The van der Waals surface area contributed by atoms with Gasteiger partial charge in [0.15, 0.2) is 0 Å². The first kappa shape index (κ1) is 15.4. The zero-order chi connectivity index (χ0) is 15.2. The minimum absolute atomic E-state index is 0.123. The quantitative estimate of drug-likeness (QED) is 0.880. The van der Waals surface area contributed by atoms with Crippen LogP contribution in [0.4, 0.5) is 5.69 Å². The third-order valence-corrected chi connectivity index (χ3v) is 3.70. The lowest BCUT2D eigenvalue weighted by Crippen LogP contribution is -2.17. The van der Waals surface area contributed by atoms with Crippen LogP contribution in [0.15, 0.2) is 42.5 Å². The van der Waals surface area contributed by atoms with Gasteiger partial charge in [-0.3, -0.25) is 4.79 Å². The van der Waals surface area contributed by atoms with Gasteiger partial charge in [-0.25, -0.2) is 0 Å². The average Bonchev–Trinajstić information content (AvgIpc) is 2.53. The number of rotatable bonds is 5. The number of halogens is 1. The van der Waals surface area contributed by atoms with Gasteiger partial charge in [0.1, 0.15) is 0 Å². The Morgan fingerprint density at radius 3 is 2.38 bits per heavy atom. The Balaban J connectivity index is 2.09. The molecule has 0 aliphatic heterocycles. The summed E-state index contributed by atoms with van der Waals surface area (Å²) in [5.74, 6) is -0.123. The van der Waals surface area contributed by atoms with Gasteiger partial charge in [-0.1, -0.05) is 42.8 Å². The first-order chi connectivity index (χ1) is 10.1. The summed E-state index contributed by atoms with van der Waals surface area (Å²) < 4.78 is 0. The summed E-state index contributed by atoms with van der Waals surface area (Å²) in [7, 11) is 1.61. The lowest BCUT2D eigenvalue weighted by molar-refractivity contribution is 0.0963. The van der Waals surface area contributed by atoms with Crippen molar-refractivity contribution in [2.45, 2.75) is 19.9 Å². The minimum atomic E-state index is -0.123. The van der Waals surface area contributed by atoms with E-state index in [1.807, 2.05) is 0 Å². The molecule has 3 nitrogen and oxygen atoms in total. The molecule has 0 atom stereocenters. The second-order valence-corrected chi connectivity index (χ2v) is 5.20. The maximum atomic E-state index is 11.6. The van der Waals surface area contributed by atoms with E-state index < -0.39 is 0 Å². The molecule has 0 aliphatic rings. The van der Waals surface area contributed by atoms with Crippen LogP contribution in [-0.4, -0.2) is 13.0 Å². The Labute approximate surface area is 130 Å². The summed E-state index contributed by atoms with van der Waals surface area (Å²) in [6, 6.07) is 13.7. The summed E-state index contributed by atoms with van der Waals surface area (Å²) in [5.41, 5.74) is 3.84. The molecule has 2 aromatic rings. The van der Waals surface area contributed by atoms with Gasteiger partial charge in [0, 0.05) is 19.2 Å².